The van der Waals surface area contributed by atoms with Gasteiger partial charge < -0.3 is 0 Å². The molecule has 0 saturated heterocycles. The molecule has 4 N–H and O–H groups in total. The van der Waals surface area contributed by atoms with Crippen molar-refractivity contribution in [2.75, 3.05) is 23.0 Å². The smallest absolute Gasteiger partial charge is 0.265 e. The van der Waals surface area contributed by atoms with Crippen molar-refractivity contribution < 1.29 is 97.3 Å². The Kier molecular flexibility index (Phi) is 17.2. The number of hydrogen-bond donors (Lipinski definition) is 5. The molecule has 2 aromatic carbocycles. The molecule has 0 aromatic heterocycles. The van der Waals surface area contributed by atoms with Gasteiger partial charge in [0.15, 0.2) is 0 Å². The Morgan fingerprint density at radius 2 is 0.667 bits per heavy atom. The molecule has 0 aliphatic heterocycles. The SMILES string of the molecule is CC1(C)[C@@H]2CC[C@@]1(CS(=O)(=O)O)C(=O)C2.CC1(C)[C@@H]2CC[C@@]1(CS(=O)(=O)O)C(=O)C2.CC1(C)[C@@H]2CC[C@@]1(CS(=O)(=O)O)C(=O)C2.CC1(C)[C@@H]2CC[C@@]1(CS(=O)(=O)O)C(=O)C2.Sc1ccc2ccccc2c1.[Zr]. The molecule has 0 radical (unpaired) electrons. The molecule has 10 rings (SSSR count). The van der Waals surface area contributed by atoms with E-state index < -0.39 is 85.1 Å². The number of carbonyl (C=O) groups is 4. The minimum atomic E-state index is -4.08. The summed E-state index contributed by atoms with van der Waals surface area (Å²) in [6.45, 7) is 15.6. The first-order chi connectivity index (χ1) is 32.1. The maximum Gasteiger partial charge on any atom is 0.265 e. The van der Waals surface area contributed by atoms with Crippen molar-refractivity contribution in [2.24, 2.45) is 67.0 Å². The summed E-state index contributed by atoms with van der Waals surface area (Å²) < 4.78 is 124. The van der Waals surface area contributed by atoms with Crippen LogP contribution >= 0.6 is 12.6 Å². The van der Waals surface area contributed by atoms with Crippen molar-refractivity contribution in [3.8, 4) is 0 Å². The van der Waals surface area contributed by atoms with E-state index in [1.165, 1.54) is 10.8 Å². The third-order valence-corrected chi connectivity index (χ3v) is 23.7. The minimum Gasteiger partial charge on any atom is -0.299 e. The molecule has 72 heavy (non-hydrogen) atoms. The van der Waals surface area contributed by atoms with Gasteiger partial charge in [-0.1, -0.05) is 85.7 Å². The maximum absolute atomic E-state index is 11.9. The normalized spacial score (nSPS) is 33.7. The first-order valence-electron chi connectivity index (χ1n) is 24.2. The molecule has 0 amide bonds. The zero-order valence-corrected chi connectivity index (χ0v) is 49.1. The summed E-state index contributed by atoms with van der Waals surface area (Å²) in [4.78, 5) is 48.5. The Morgan fingerprint density at radius 1 is 0.431 bits per heavy atom. The van der Waals surface area contributed by atoms with Gasteiger partial charge in [-0.05, 0) is 120 Å². The molecule has 16 nitrogen and oxygen atoms in total. The average molecular weight is 1180 g/mol. The molecule has 8 bridgehead atoms. The van der Waals surface area contributed by atoms with E-state index in [4.69, 9.17) is 18.2 Å². The Hall–Kier alpha value is -1.75. The zero-order chi connectivity index (χ0) is 53.6. The van der Waals surface area contributed by atoms with Gasteiger partial charge >= 0.3 is 0 Å². The van der Waals surface area contributed by atoms with Crippen LogP contribution in [0.25, 0.3) is 10.8 Å². The van der Waals surface area contributed by atoms with Crippen molar-refractivity contribution in [1.29, 1.82) is 0 Å². The summed E-state index contributed by atoms with van der Waals surface area (Å²) in [5, 5.41) is 2.52. The van der Waals surface area contributed by atoms with E-state index in [1.54, 1.807) is 0 Å². The first-order valence-corrected chi connectivity index (χ1v) is 31.1. The molecule has 8 fully saturated rings. The van der Waals surface area contributed by atoms with Crippen molar-refractivity contribution in [3.63, 3.8) is 0 Å². The van der Waals surface area contributed by atoms with Gasteiger partial charge in [-0.15, -0.1) is 12.6 Å². The Bertz CT molecular complexity index is 2630. The standard InChI is InChI=1S/4C10H16O4S.C10H8S.Zr/c4*1-9(2)7-3-4-10(9,8(11)5-7)6-15(12,13)14;11-10-6-5-8-3-1-2-4-9(8)7-10;/h4*7H,3-6H2,1-2H3,(H,12,13,14);1-7,11H;/t4*7-,10-;;/m1111../s1. The van der Waals surface area contributed by atoms with E-state index in [9.17, 15) is 52.8 Å². The van der Waals surface area contributed by atoms with Crippen molar-refractivity contribution >= 4 is 87.0 Å². The summed E-state index contributed by atoms with van der Waals surface area (Å²) in [5.41, 5.74) is -4.48. The summed E-state index contributed by atoms with van der Waals surface area (Å²) in [6, 6.07) is 14.4. The fraction of sp³-hybridized carbons (Fsp3) is 0.720. The summed E-state index contributed by atoms with van der Waals surface area (Å²) in [7, 11) is -16.3. The van der Waals surface area contributed by atoms with Crippen LogP contribution in [0.1, 0.15) is 132 Å². The van der Waals surface area contributed by atoms with E-state index >= 15 is 0 Å². The van der Waals surface area contributed by atoms with Gasteiger partial charge in [-0.2, -0.15) is 33.7 Å². The third-order valence-electron chi connectivity index (χ3n) is 20.0. The number of benzene rings is 2. The van der Waals surface area contributed by atoms with E-state index in [0.717, 1.165) is 30.6 Å². The van der Waals surface area contributed by atoms with Crippen LogP contribution in [0.5, 0.6) is 0 Å². The topological polar surface area (TPSA) is 286 Å². The Balaban J connectivity index is 0.000000167. The van der Waals surface area contributed by atoms with Crippen molar-refractivity contribution in [3.05, 3.63) is 42.5 Å². The third kappa shape index (κ3) is 11.2. The molecule has 2 aromatic rings. The molecule has 8 atom stereocenters. The second kappa shape index (κ2) is 20.2. The predicted molar refractivity (Wildman–Crippen MR) is 271 cm³/mol. The van der Waals surface area contributed by atoms with E-state index in [1.807, 2.05) is 73.6 Å². The van der Waals surface area contributed by atoms with Crippen molar-refractivity contribution in [1.82, 2.24) is 0 Å². The Labute approximate surface area is 450 Å². The van der Waals surface area contributed by atoms with Crippen LogP contribution in [-0.4, -0.2) is 98.0 Å². The molecule has 8 aliphatic carbocycles. The van der Waals surface area contributed by atoms with Gasteiger partial charge in [0.2, 0.25) is 0 Å². The molecule has 402 valence electrons. The predicted octanol–water partition coefficient (Wildman–Crippen LogP) is 8.20. The number of ketones is 4. The van der Waals surface area contributed by atoms with Gasteiger partial charge in [0.1, 0.15) is 23.1 Å². The Morgan fingerprint density at radius 3 is 0.861 bits per heavy atom. The van der Waals surface area contributed by atoms with Gasteiger partial charge in [-0.25, -0.2) is 0 Å². The zero-order valence-electron chi connectivity index (χ0n) is 42.4. The fourth-order valence-electron chi connectivity index (χ4n) is 14.9. The quantitative estimate of drug-likeness (QED) is 0.123. The molecular weight excluding hydrogens is 1110 g/mol. The van der Waals surface area contributed by atoms with Crippen LogP contribution in [0.4, 0.5) is 0 Å². The molecule has 8 aliphatic rings. The average Bonchev–Trinajstić information content (AvgIpc) is 3.95. The van der Waals surface area contributed by atoms with E-state index in [0.29, 0.717) is 51.4 Å². The number of hydrogen-bond acceptors (Lipinski definition) is 13. The second-order valence-electron chi connectivity index (χ2n) is 24.1. The van der Waals surface area contributed by atoms with Crippen LogP contribution in [0, 0.1) is 67.0 Å². The molecular formula is C50H72O16S5Zr. The molecule has 0 unspecified atom stereocenters. The summed E-state index contributed by atoms with van der Waals surface area (Å²) >= 11 is 4.26. The largest absolute Gasteiger partial charge is 0.299 e. The fourth-order valence-corrected chi connectivity index (χ4v) is 20.3. The van der Waals surface area contributed by atoms with E-state index in [-0.39, 0.29) is 94.7 Å². The summed E-state index contributed by atoms with van der Waals surface area (Å²) in [6.07, 6.45) is 7.89. The van der Waals surface area contributed by atoms with Crippen LogP contribution in [0.2, 0.25) is 0 Å². The van der Waals surface area contributed by atoms with Crippen molar-refractivity contribution in [2.45, 2.75) is 137 Å². The molecule has 8 saturated carbocycles. The monoisotopic (exact) mass is 1180 g/mol. The van der Waals surface area contributed by atoms with Gasteiger partial charge in [0.25, 0.3) is 40.5 Å². The number of carbonyl (C=O) groups excluding carboxylic acids is 4. The van der Waals surface area contributed by atoms with Gasteiger partial charge in [0, 0.05) is 56.8 Å². The molecule has 0 heterocycles. The number of Topliss-reactive ketones (excluding diaryl/α,β-unsaturated/α-hetero) is 4. The second-order valence-corrected chi connectivity index (χ2v) is 30.4. The van der Waals surface area contributed by atoms with Gasteiger partial charge in [0.05, 0.1) is 44.7 Å². The van der Waals surface area contributed by atoms with Gasteiger partial charge in [-0.3, -0.25) is 37.4 Å². The summed E-state index contributed by atoms with van der Waals surface area (Å²) in [5.74, 6) is -0.405. The number of thiol groups is 1. The van der Waals surface area contributed by atoms with Crippen LogP contribution < -0.4 is 0 Å². The van der Waals surface area contributed by atoms with Crippen LogP contribution in [-0.2, 0) is 85.9 Å². The maximum atomic E-state index is 11.9. The van der Waals surface area contributed by atoms with Crippen LogP contribution in [0.15, 0.2) is 47.4 Å². The first kappa shape index (κ1) is 61.1. The number of rotatable bonds is 8. The molecule has 0 spiro atoms. The van der Waals surface area contributed by atoms with E-state index in [2.05, 4.69) is 36.9 Å². The number of fused-ring (bicyclic) bond motifs is 9. The minimum absolute atomic E-state index is 0. The van der Waals surface area contributed by atoms with Crippen LogP contribution in [0.3, 0.4) is 0 Å². The molecule has 22 heteroatoms.